The van der Waals surface area contributed by atoms with E-state index >= 15 is 0 Å². The minimum absolute atomic E-state index is 0.419. The molecule has 3 heteroatoms. The molecule has 0 fully saturated rings. The summed E-state index contributed by atoms with van der Waals surface area (Å²) in [5, 5.41) is 3.48. The third-order valence-electron chi connectivity index (χ3n) is 2.87. The molecule has 3 N–H and O–H groups in total. The molecular formula is C12H18N2S. The Morgan fingerprint density at radius 3 is 3.13 bits per heavy atom. The normalized spacial score (nSPS) is 21.3. The third-order valence-corrected chi connectivity index (χ3v) is 4.12. The first-order valence-corrected chi connectivity index (χ1v) is 6.45. The van der Waals surface area contributed by atoms with Crippen LogP contribution in [0.25, 0.3) is 0 Å². The van der Waals surface area contributed by atoms with Crippen molar-refractivity contribution in [3.8, 4) is 0 Å². The maximum Gasteiger partial charge on any atom is 0.0162 e. The standard InChI is InChI=1S/C12H18N2S/c1-9(6-13)14-7-10-8-15-12-5-3-2-4-11(10)12/h2-5,9-10,14H,6-8,13H2,1H3. The molecule has 2 nitrogen and oxygen atoms in total. The Morgan fingerprint density at radius 1 is 1.53 bits per heavy atom. The Bertz CT molecular complexity index is 327. The molecule has 0 amide bonds. The summed E-state index contributed by atoms with van der Waals surface area (Å²) in [4.78, 5) is 1.45. The van der Waals surface area contributed by atoms with Crippen molar-refractivity contribution in [3.05, 3.63) is 29.8 Å². The first-order chi connectivity index (χ1) is 7.31. The van der Waals surface area contributed by atoms with Gasteiger partial charge in [-0.2, -0.15) is 0 Å². The Hall–Kier alpha value is -0.510. The van der Waals surface area contributed by atoms with Crippen LogP contribution in [0.4, 0.5) is 0 Å². The average Bonchev–Trinajstić information content (AvgIpc) is 2.69. The van der Waals surface area contributed by atoms with Crippen LogP contribution < -0.4 is 11.1 Å². The maximum atomic E-state index is 5.58. The fraction of sp³-hybridized carbons (Fsp3) is 0.500. The molecule has 0 aromatic heterocycles. The van der Waals surface area contributed by atoms with Crippen molar-refractivity contribution >= 4 is 11.8 Å². The van der Waals surface area contributed by atoms with Gasteiger partial charge in [0.1, 0.15) is 0 Å². The van der Waals surface area contributed by atoms with Crippen molar-refractivity contribution in [3.63, 3.8) is 0 Å². The van der Waals surface area contributed by atoms with Crippen molar-refractivity contribution in [2.75, 3.05) is 18.8 Å². The highest BCUT2D eigenvalue weighted by Gasteiger charge is 2.22. The van der Waals surface area contributed by atoms with E-state index in [1.807, 2.05) is 11.8 Å². The Labute approximate surface area is 95.6 Å². The minimum atomic E-state index is 0.419. The zero-order valence-corrected chi connectivity index (χ0v) is 9.89. The van der Waals surface area contributed by atoms with Crippen LogP contribution in [-0.4, -0.2) is 24.9 Å². The summed E-state index contributed by atoms with van der Waals surface area (Å²) in [6, 6.07) is 9.12. The van der Waals surface area contributed by atoms with Crippen LogP contribution in [0.3, 0.4) is 0 Å². The molecule has 82 valence electrons. The Balaban J connectivity index is 1.96. The molecule has 1 heterocycles. The molecule has 1 aromatic carbocycles. The van der Waals surface area contributed by atoms with Crippen LogP contribution in [-0.2, 0) is 0 Å². The lowest BCUT2D eigenvalue weighted by molar-refractivity contribution is 0.528. The summed E-state index contributed by atoms with van der Waals surface area (Å²) >= 11 is 1.96. The third kappa shape index (κ3) is 2.54. The lowest BCUT2D eigenvalue weighted by Crippen LogP contribution is -2.36. The van der Waals surface area contributed by atoms with Gasteiger partial charge in [-0.15, -0.1) is 11.8 Å². The highest BCUT2D eigenvalue weighted by Crippen LogP contribution is 2.38. The molecule has 0 spiro atoms. The molecule has 15 heavy (non-hydrogen) atoms. The highest BCUT2D eigenvalue weighted by molar-refractivity contribution is 7.99. The largest absolute Gasteiger partial charge is 0.329 e. The molecule has 0 aliphatic carbocycles. The van der Waals surface area contributed by atoms with Crippen molar-refractivity contribution in [2.24, 2.45) is 5.73 Å². The van der Waals surface area contributed by atoms with Crippen molar-refractivity contribution in [1.82, 2.24) is 5.32 Å². The number of benzene rings is 1. The van der Waals surface area contributed by atoms with Gasteiger partial charge >= 0.3 is 0 Å². The number of hydrogen-bond donors (Lipinski definition) is 2. The molecule has 0 saturated heterocycles. The van der Waals surface area contributed by atoms with Crippen LogP contribution in [0.2, 0.25) is 0 Å². The topological polar surface area (TPSA) is 38.0 Å². The number of fused-ring (bicyclic) bond motifs is 1. The van der Waals surface area contributed by atoms with E-state index in [1.54, 1.807) is 0 Å². The number of nitrogens with two attached hydrogens (primary N) is 1. The second-order valence-corrected chi connectivity index (χ2v) is 5.15. The second kappa shape index (κ2) is 5.01. The Kier molecular flexibility index (Phi) is 3.67. The van der Waals surface area contributed by atoms with Crippen LogP contribution in [0, 0.1) is 0 Å². The van der Waals surface area contributed by atoms with Gasteiger partial charge in [-0.3, -0.25) is 0 Å². The predicted octanol–water partition coefficient (Wildman–Crippen LogP) is 1.81. The van der Waals surface area contributed by atoms with E-state index in [9.17, 15) is 0 Å². The molecule has 2 unspecified atom stereocenters. The molecule has 0 bridgehead atoms. The van der Waals surface area contributed by atoms with Crippen molar-refractivity contribution in [1.29, 1.82) is 0 Å². The predicted molar refractivity (Wildman–Crippen MR) is 66.4 cm³/mol. The van der Waals surface area contributed by atoms with Gasteiger partial charge in [-0.25, -0.2) is 0 Å². The second-order valence-electron chi connectivity index (χ2n) is 4.09. The monoisotopic (exact) mass is 222 g/mol. The number of nitrogens with one attached hydrogen (secondary N) is 1. The van der Waals surface area contributed by atoms with E-state index in [-0.39, 0.29) is 0 Å². The minimum Gasteiger partial charge on any atom is -0.329 e. The van der Waals surface area contributed by atoms with E-state index < -0.39 is 0 Å². The molecule has 0 saturated carbocycles. The average molecular weight is 222 g/mol. The molecule has 1 aliphatic rings. The molecule has 2 rings (SSSR count). The van der Waals surface area contributed by atoms with E-state index in [4.69, 9.17) is 5.73 Å². The van der Waals surface area contributed by atoms with Crippen LogP contribution in [0.5, 0.6) is 0 Å². The van der Waals surface area contributed by atoms with Gasteiger partial charge in [-0.1, -0.05) is 18.2 Å². The van der Waals surface area contributed by atoms with E-state index in [0.717, 1.165) is 6.54 Å². The van der Waals surface area contributed by atoms with Gasteiger partial charge in [0, 0.05) is 35.7 Å². The summed E-state index contributed by atoms with van der Waals surface area (Å²) in [6.45, 7) is 3.89. The molecule has 1 aliphatic heterocycles. The lowest BCUT2D eigenvalue weighted by Gasteiger charge is -2.15. The quantitative estimate of drug-likeness (QED) is 0.816. The molecule has 2 atom stereocenters. The SMILES string of the molecule is CC(CN)NCC1CSc2ccccc21. The van der Waals surface area contributed by atoms with Gasteiger partial charge in [0.25, 0.3) is 0 Å². The first-order valence-electron chi connectivity index (χ1n) is 5.46. The molecule has 0 radical (unpaired) electrons. The van der Waals surface area contributed by atoms with Gasteiger partial charge in [0.05, 0.1) is 0 Å². The summed E-state index contributed by atoms with van der Waals surface area (Å²) in [6.07, 6.45) is 0. The van der Waals surface area contributed by atoms with Gasteiger partial charge in [-0.05, 0) is 18.6 Å². The summed E-state index contributed by atoms with van der Waals surface area (Å²) in [7, 11) is 0. The van der Waals surface area contributed by atoms with E-state index in [1.165, 1.54) is 16.2 Å². The molecular weight excluding hydrogens is 204 g/mol. The van der Waals surface area contributed by atoms with Crippen LogP contribution in [0.1, 0.15) is 18.4 Å². The van der Waals surface area contributed by atoms with E-state index in [0.29, 0.717) is 18.5 Å². The number of thioether (sulfide) groups is 1. The van der Waals surface area contributed by atoms with Gasteiger partial charge in [0.2, 0.25) is 0 Å². The van der Waals surface area contributed by atoms with Gasteiger partial charge < -0.3 is 11.1 Å². The van der Waals surface area contributed by atoms with E-state index in [2.05, 4.69) is 36.5 Å². The molecule has 1 aromatic rings. The first kappa shape index (κ1) is 11.0. The number of hydrogen-bond acceptors (Lipinski definition) is 3. The van der Waals surface area contributed by atoms with Crippen LogP contribution >= 0.6 is 11.8 Å². The van der Waals surface area contributed by atoms with Crippen molar-refractivity contribution in [2.45, 2.75) is 23.8 Å². The number of rotatable bonds is 4. The fourth-order valence-corrected chi connectivity index (χ4v) is 3.08. The van der Waals surface area contributed by atoms with Gasteiger partial charge in [0.15, 0.2) is 0 Å². The fourth-order valence-electron chi connectivity index (χ4n) is 1.83. The maximum absolute atomic E-state index is 5.58. The highest BCUT2D eigenvalue weighted by atomic mass is 32.2. The summed E-state index contributed by atoms with van der Waals surface area (Å²) in [5.74, 6) is 1.85. The summed E-state index contributed by atoms with van der Waals surface area (Å²) in [5.41, 5.74) is 7.08. The zero-order chi connectivity index (χ0) is 10.7. The van der Waals surface area contributed by atoms with Crippen LogP contribution in [0.15, 0.2) is 29.2 Å². The summed E-state index contributed by atoms with van der Waals surface area (Å²) < 4.78 is 0. The van der Waals surface area contributed by atoms with Crippen molar-refractivity contribution < 1.29 is 0 Å². The smallest absolute Gasteiger partial charge is 0.0162 e. The zero-order valence-electron chi connectivity index (χ0n) is 9.07. The lowest BCUT2D eigenvalue weighted by atomic mass is 10.0. The Morgan fingerprint density at radius 2 is 2.33 bits per heavy atom.